The van der Waals surface area contributed by atoms with Crippen molar-refractivity contribution in [1.82, 2.24) is 10.2 Å². The molecule has 1 amide bonds. The van der Waals surface area contributed by atoms with E-state index >= 15 is 0 Å². The van der Waals surface area contributed by atoms with Crippen molar-refractivity contribution in [3.05, 3.63) is 0 Å². The lowest BCUT2D eigenvalue weighted by Gasteiger charge is -2.35. The first kappa shape index (κ1) is 12.7. The lowest BCUT2D eigenvalue weighted by atomic mass is 9.94. The van der Waals surface area contributed by atoms with Crippen LogP contribution in [-0.2, 0) is 4.74 Å². The van der Waals surface area contributed by atoms with Crippen molar-refractivity contribution in [2.45, 2.75) is 57.0 Å². The van der Waals surface area contributed by atoms with E-state index in [1.165, 1.54) is 45.6 Å². The monoisotopic (exact) mass is 240 g/mol. The average Bonchev–Trinajstić information content (AvgIpc) is 2.39. The quantitative estimate of drug-likeness (QED) is 0.804. The number of methoxy groups -OCH3 is 1. The third kappa shape index (κ3) is 3.60. The van der Waals surface area contributed by atoms with Gasteiger partial charge in [-0.2, -0.15) is 0 Å². The van der Waals surface area contributed by atoms with Gasteiger partial charge in [0.1, 0.15) is 0 Å². The second kappa shape index (κ2) is 6.24. The number of likely N-dealkylation sites (tertiary alicyclic amines) is 1. The number of hydrogen-bond acceptors (Lipinski definition) is 3. The third-order valence-corrected chi connectivity index (χ3v) is 3.93. The van der Waals surface area contributed by atoms with Crippen LogP contribution in [0.25, 0.3) is 0 Å². The number of amides is 1. The van der Waals surface area contributed by atoms with Gasteiger partial charge in [0.15, 0.2) is 0 Å². The number of rotatable bonds is 2. The van der Waals surface area contributed by atoms with Gasteiger partial charge < -0.3 is 15.0 Å². The van der Waals surface area contributed by atoms with Crippen molar-refractivity contribution >= 4 is 6.09 Å². The Hall–Kier alpha value is -0.770. The van der Waals surface area contributed by atoms with E-state index in [0.29, 0.717) is 12.1 Å². The van der Waals surface area contributed by atoms with E-state index in [9.17, 15) is 4.79 Å². The van der Waals surface area contributed by atoms with Gasteiger partial charge in [-0.3, -0.25) is 0 Å². The maximum Gasteiger partial charge on any atom is 0.409 e. The summed E-state index contributed by atoms with van der Waals surface area (Å²) in [5, 5.41) is 3.72. The number of nitrogens with zero attached hydrogens (tertiary/aromatic N) is 1. The van der Waals surface area contributed by atoms with Gasteiger partial charge in [0, 0.05) is 25.2 Å². The second-order valence-electron chi connectivity index (χ2n) is 5.26. The number of ether oxygens (including phenoxy) is 1. The molecule has 0 radical (unpaired) electrons. The van der Waals surface area contributed by atoms with E-state index < -0.39 is 0 Å². The first-order valence-corrected chi connectivity index (χ1v) is 6.88. The number of piperidine rings is 1. The molecule has 1 atom stereocenters. The predicted molar refractivity (Wildman–Crippen MR) is 67.0 cm³/mol. The first-order chi connectivity index (χ1) is 8.29. The van der Waals surface area contributed by atoms with E-state index in [4.69, 9.17) is 4.74 Å². The molecule has 1 heterocycles. The Morgan fingerprint density at radius 3 is 2.53 bits per heavy atom. The van der Waals surface area contributed by atoms with Crippen molar-refractivity contribution in [2.75, 3.05) is 20.2 Å². The molecule has 2 aliphatic rings. The molecule has 0 spiro atoms. The highest BCUT2D eigenvalue weighted by atomic mass is 16.5. The van der Waals surface area contributed by atoms with Gasteiger partial charge in [-0.1, -0.05) is 19.3 Å². The van der Waals surface area contributed by atoms with Crippen LogP contribution in [0.4, 0.5) is 4.79 Å². The Morgan fingerprint density at radius 2 is 1.82 bits per heavy atom. The van der Waals surface area contributed by atoms with Crippen molar-refractivity contribution in [2.24, 2.45) is 0 Å². The second-order valence-corrected chi connectivity index (χ2v) is 5.26. The van der Waals surface area contributed by atoms with Crippen LogP contribution in [-0.4, -0.2) is 43.3 Å². The molecule has 2 rings (SSSR count). The molecule has 4 nitrogen and oxygen atoms in total. The Labute approximate surface area is 104 Å². The lowest BCUT2D eigenvalue weighted by Crippen LogP contribution is -2.51. The highest BCUT2D eigenvalue weighted by Crippen LogP contribution is 2.20. The smallest absolute Gasteiger partial charge is 0.409 e. The fraction of sp³-hybridized carbons (Fsp3) is 0.923. The molecule has 1 N–H and O–H groups in total. The van der Waals surface area contributed by atoms with Gasteiger partial charge in [-0.25, -0.2) is 4.79 Å². The maximum absolute atomic E-state index is 11.5. The molecule has 17 heavy (non-hydrogen) atoms. The maximum atomic E-state index is 11.5. The molecule has 1 unspecified atom stereocenters. The first-order valence-electron chi connectivity index (χ1n) is 6.88. The van der Waals surface area contributed by atoms with Crippen molar-refractivity contribution in [3.8, 4) is 0 Å². The molecule has 98 valence electrons. The van der Waals surface area contributed by atoms with E-state index in [-0.39, 0.29) is 6.09 Å². The molecule has 1 aliphatic carbocycles. The fourth-order valence-electron chi connectivity index (χ4n) is 3.01. The summed E-state index contributed by atoms with van der Waals surface area (Å²) in [6, 6.07) is 1.14. The minimum absolute atomic E-state index is 0.180. The van der Waals surface area contributed by atoms with Crippen LogP contribution in [0.1, 0.15) is 44.9 Å². The Morgan fingerprint density at radius 1 is 1.12 bits per heavy atom. The van der Waals surface area contributed by atoms with Gasteiger partial charge in [0.05, 0.1) is 7.11 Å². The topological polar surface area (TPSA) is 41.6 Å². The van der Waals surface area contributed by atoms with Gasteiger partial charge >= 0.3 is 6.09 Å². The summed E-state index contributed by atoms with van der Waals surface area (Å²) in [5.74, 6) is 0. The minimum Gasteiger partial charge on any atom is -0.453 e. The van der Waals surface area contributed by atoms with Crippen LogP contribution in [0.3, 0.4) is 0 Å². The zero-order valence-electron chi connectivity index (χ0n) is 10.8. The van der Waals surface area contributed by atoms with Crippen LogP contribution in [0.2, 0.25) is 0 Å². The van der Waals surface area contributed by atoms with Crippen molar-refractivity contribution < 1.29 is 9.53 Å². The van der Waals surface area contributed by atoms with Gasteiger partial charge in [-0.05, 0) is 25.7 Å². The van der Waals surface area contributed by atoms with Crippen molar-refractivity contribution in [3.63, 3.8) is 0 Å². The zero-order chi connectivity index (χ0) is 12.1. The van der Waals surface area contributed by atoms with Crippen LogP contribution in [0.5, 0.6) is 0 Å². The SMILES string of the molecule is COC(=O)N1CCCC(NC2CCCCC2)C1. The molecular formula is C13H24N2O2. The molecule has 0 aromatic carbocycles. The van der Waals surface area contributed by atoms with Crippen LogP contribution in [0, 0.1) is 0 Å². The summed E-state index contributed by atoms with van der Waals surface area (Å²) in [7, 11) is 1.46. The van der Waals surface area contributed by atoms with Gasteiger partial charge in [-0.15, -0.1) is 0 Å². The van der Waals surface area contributed by atoms with E-state index in [1.54, 1.807) is 0 Å². The molecule has 0 bridgehead atoms. The standard InChI is InChI=1S/C13H24N2O2/c1-17-13(16)15-9-5-8-12(10-15)14-11-6-3-2-4-7-11/h11-12,14H,2-10H2,1H3. The summed E-state index contributed by atoms with van der Waals surface area (Å²) < 4.78 is 4.79. The van der Waals surface area contributed by atoms with Crippen molar-refractivity contribution in [1.29, 1.82) is 0 Å². The number of hydrogen-bond donors (Lipinski definition) is 1. The average molecular weight is 240 g/mol. The Bertz CT molecular complexity index is 252. The Kier molecular flexibility index (Phi) is 4.66. The summed E-state index contributed by atoms with van der Waals surface area (Å²) in [4.78, 5) is 13.3. The van der Waals surface area contributed by atoms with Crippen LogP contribution in [0.15, 0.2) is 0 Å². The summed E-state index contributed by atoms with van der Waals surface area (Å²) >= 11 is 0. The van der Waals surface area contributed by atoms with Crippen LogP contribution < -0.4 is 5.32 Å². The molecular weight excluding hydrogens is 216 g/mol. The number of nitrogens with one attached hydrogen (secondary N) is 1. The summed E-state index contributed by atoms with van der Waals surface area (Å²) in [5.41, 5.74) is 0. The highest BCUT2D eigenvalue weighted by molar-refractivity contribution is 5.67. The molecule has 1 aliphatic heterocycles. The molecule has 0 aromatic heterocycles. The largest absolute Gasteiger partial charge is 0.453 e. The number of carbonyl (C=O) groups is 1. The van der Waals surface area contributed by atoms with Gasteiger partial charge in [0.25, 0.3) is 0 Å². The molecule has 2 fully saturated rings. The molecule has 0 aromatic rings. The van der Waals surface area contributed by atoms with E-state index in [0.717, 1.165) is 19.5 Å². The predicted octanol–water partition coefficient (Wildman–Crippen LogP) is 2.14. The van der Waals surface area contributed by atoms with Crippen LogP contribution >= 0.6 is 0 Å². The third-order valence-electron chi connectivity index (χ3n) is 3.93. The summed E-state index contributed by atoms with van der Waals surface area (Å²) in [6.45, 7) is 1.65. The normalized spacial score (nSPS) is 26.9. The Balaban J connectivity index is 1.78. The van der Waals surface area contributed by atoms with Gasteiger partial charge in [0.2, 0.25) is 0 Å². The molecule has 4 heteroatoms. The zero-order valence-corrected chi connectivity index (χ0v) is 10.8. The summed E-state index contributed by atoms with van der Waals surface area (Å²) in [6.07, 6.45) is 8.78. The van der Waals surface area contributed by atoms with E-state index in [2.05, 4.69) is 5.32 Å². The molecule has 1 saturated carbocycles. The molecule has 1 saturated heterocycles. The minimum atomic E-state index is -0.180. The number of carbonyl (C=O) groups excluding carboxylic acids is 1. The van der Waals surface area contributed by atoms with E-state index in [1.807, 2.05) is 4.90 Å². The lowest BCUT2D eigenvalue weighted by molar-refractivity contribution is 0.104. The highest BCUT2D eigenvalue weighted by Gasteiger charge is 2.26. The fourth-order valence-corrected chi connectivity index (χ4v) is 3.01.